The summed E-state index contributed by atoms with van der Waals surface area (Å²) in [6.45, 7) is 1.81. The number of para-hydroxylation sites is 1. The van der Waals surface area contributed by atoms with Gasteiger partial charge in [-0.15, -0.1) is 0 Å². The van der Waals surface area contributed by atoms with Gasteiger partial charge in [-0.1, -0.05) is 12.1 Å². The number of fused-ring (bicyclic) bond motifs is 2. The average Bonchev–Trinajstić information content (AvgIpc) is 2.31. The van der Waals surface area contributed by atoms with Crippen LogP contribution in [0.1, 0.15) is 11.3 Å². The lowest BCUT2D eigenvalue weighted by atomic mass is 10.0. The van der Waals surface area contributed by atoms with E-state index in [9.17, 15) is 0 Å². The monoisotopic (exact) mass is 277 g/mol. The van der Waals surface area contributed by atoms with Crippen molar-refractivity contribution >= 4 is 32.5 Å². The van der Waals surface area contributed by atoms with Gasteiger partial charge in [0.05, 0.1) is 5.52 Å². The molecule has 0 saturated carbocycles. The summed E-state index contributed by atoms with van der Waals surface area (Å²) in [6.07, 6.45) is 0.955. The summed E-state index contributed by atoms with van der Waals surface area (Å²) in [5.74, 6) is 0. The van der Waals surface area contributed by atoms with Crippen molar-refractivity contribution in [1.29, 1.82) is 0 Å². The molecule has 3 nitrogen and oxygen atoms in total. The van der Waals surface area contributed by atoms with Crippen LogP contribution in [0.2, 0.25) is 0 Å². The van der Waals surface area contributed by atoms with Gasteiger partial charge in [0.15, 0.2) is 0 Å². The molecule has 1 aromatic heterocycles. The Balaban J connectivity index is 2.39. The first-order chi connectivity index (χ1) is 7.77. The van der Waals surface area contributed by atoms with Crippen LogP contribution in [0.5, 0.6) is 0 Å². The number of benzene rings is 1. The molecule has 0 aliphatic carbocycles. The lowest BCUT2D eigenvalue weighted by Crippen LogP contribution is -2.25. The Kier molecular flexibility index (Phi) is 2.33. The maximum atomic E-state index is 6.21. The van der Waals surface area contributed by atoms with E-state index in [-0.39, 0.29) is 0 Å². The highest BCUT2D eigenvalue weighted by Gasteiger charge is 2.16. The van der Waals surface area contributed by atoms with Crippen LogP contribution in [0, 0.1) is 0 Å². The first kappa shape index (κ1) is 10.1. The van der Waals surface area contributed by atoms with Crippen molar-refractivity contribution in [3.8, 4) is 0 Å². The van der Waals surface area contributed by atoms with Crippen LogP contribution in [-0.4, -0.2) is 11.5 Å². The van der Waals surface area contributed by atoms with Crippen molar-refractivity contribution in [3.05, 3.63) is 33.9 Å². The van der Waals surface area contributed by atoms with Crippen LogP contribution in [0.4, 0.5) is 5.69 Å². The number of nitrogens with zero attached hydrogens (tertiary/aromatic N) is 1. The van der Waals surface area contributed by atoms with Crippen LogP contribution in [-0.2, 0) is 13.0 Å². The lowest BCUT2D eigenvalue weighted by molar-refractivity contribution is 0.634. The highest BCUT2D eigenvalue weighted by molar-refractivity contribution is 9.10. The predicted molar refractivity (Wildman–Crippen MR) is 69.3 cm³/mol. The van der Waals surface area contributed by atoms with Gasteiger partial charge in [0.2, 0.25) is 0 Å². The first-order valence-corrected chi connectivity index (χ1v) is 6.13. The molecule has 0 amide bonds. The van der Waals surface area contributed by atoms with Crippen molar-refractivity contribution in [2.45, 2.75) is 13.0 Å². The van der Waals surface area contributed by atoms with Crippen LogP contribution in [0.15, 0.2) is 22.7 Å². The number of anilines is 1. The van der Waals surface area contributed by atoms with Crippen molar-refractivity contribution in [3.63, 3.8) is 0 Å². The molecule has 82 valence electrons. The Labute approximate surface area is 102 Å². The Hall–Kier alpha value is -1.13. The van der Waals surface area contributed by atoms with E-state index >= 15 is 0 Å². The highest BCUT2D eigenvalue weighted by Crippen LogP contribution is 2.31. The molecule has 2 heterocycles. The zero-order valence-electron chi connectivity index (χ0n) is 8.76. The molecule has 16 heavy (non-hydrogen) atoms. The number of rotatable bonds is 0. The number of pyridine rings is 1. The number of hydrogen-bond donors (Lipinski definition) is 2. The number of nitrogens with one attached hydrogen (secondary N) is 1. The fourth-order valence-corrected chi connectivity index (χ4v) is 2.65. The molecule has 1 aliphatic heterocycles. The summed E-state index contributed by atoms with van der Waals surface area (Å²) >= 11 is 3.53. The molecule has 0 bridgehead atoms. The van der Waals surface area contributed by atoms with Crippen LogP contribution >= 0.6 is 15.9 Å². The van der Waals surface area contributed by atoms with Crippen molar-refractivity contribution in [2.24, 2.45) is 0 Å². The number of aromatic nitrogens is 1. The maximum Gasteiger partial charge on any atom is 0.0868 e. The van der Waals surface area contributed by atoms with Gasteiger partial charge in [0.25, 0.3) is 0 Å². The molecule has 1 aromatic carbocycles. The minimum Gasteiger partial charge on any atom is -0.398 e. The first-order valence-electron chi connectivity index (χ1n) is 5.33. The summed E-state index contributed by atoms with van der Waals surface area (Å²) in [5.41, 5.74) is 10.3. The van der Waals surface area contributed by atoms with Gasteiger partial charge in [-0.05, 0) is 22.0 Å². The van der Waals surface area contributed by atoms with E-state index in [1.165, 1.54) is 0 Å². The zero-order valence-corrected chi connectivity index (χ0v) is 10.3. The largest absolute Gasteiger partial charge is 0.398 e. The summed E-state index contributed by atoms with van der Waals surface area (Å²) in [7, 11) is 0. The maximum absolute atomic E-state index is 6.21. The van der Waals surface area contributed by atoms with E-state index in [0.29, 0.717) is 0 Å². The van der Waals surface area contributed by atoms with Gasteiger partial charge in [-0.25, -0.2) is 0 Å². The lowest BCUT2D eigenvalue weighted by Gasteiger charge is -2.19. The van der Waals surface area contributed by atoms with E-state index in [4.69, 9.17) is 10.7 Å². The highest BCUT2D eigenvalue weighted by atomic mass is 79.9. The molecule has 0 atom stereocenters. The van der Waals surface area contributed by atoms with E-state index in [0.717, 1.165) is 51.8 Å². The molecule has 2 aromatic rings. The van der Waals surface area contributed by atoms with Gasteiger partial charge in [-0.2, -0.15) is 0 Å². The Morgan fingerprint density at radius 2 is 2.25 bits per heavy atom. The van der Waals surface area contributed by atoms with Crippen LogP contribution in [0.25, 0.3) is 10.9 Å². The van der Waals surface area contributed by atoms with Crippen LogP contribution < -0.4 is 11.1 Å². The third kappa shape index (κ3) is 1.41. The second-order valence-corrected chi connectivity index (χ2v) is 4.87. The summed E-state index contributed by atoms with van der Waals surface area (Å²) in [5, 5.41) is 4.37. The number of nitrogens with two attached hydrogens (primary N) is 1. The molecular weight excluding hydrogens is 266 g/mol. The van der Waals surface area contributed by atoms with Gasteiger partial charge >= 0.3 is 0 Å². The van der Waals surface area contributed by atoms with Gasteiger partial charge in [0.1, 0.15) is 0 Å². The fraction of sp³-hybridized carbons (Fsp3) is 0.250. The summed E-state index contributed by atoms with van der Waals surface area (Å²) < 4.78 is 1.01. The second-order valence-electron chi connectivity index (χ2n) is 4.01. The summed E-state index contributed by atoms with van der Waals surface area (Å²) in [6, 6.07) is 6.02. The SMILES string of the molecule is Nc1c2c(nc3c(Br)cccc13)CCNC2. The van der Waals surface area contributed by atoms with E-state index < -0.39 is 0 Å². The molecule has 0 fully saturated rings. The summed E-state index contributed by atoms with van der Waals surface area (Å²) in [4.78, 5) is 4.71. The molecule has 3 rings (SSSR count). The molecule has 1 aliphatic rings. The van der Waals surface area contributed by atoms with E-state index in [1.807, 2.05) is 18.2 Å². The second kappa shape index (κ2) is 3.71. The molecule has 3 N–H and O–H groups in total. The molecule has 0 spiro atoms. The third-order valence-electron chi connectivity index (χ3n) is 3.04. The molecule has 0 saturated heterocycles. The van der Waals surface area contributed by atoms with E-state index in [2.05, 4.69) is 21.2 Å². The normalized spacial score (nSPS) is 15.1. The Bertz CT molecular complexity index is 566. The fourth-order valence-electron chi connectivity index (χ4n) is 2.19. The zero-order chi connectivity index (χ0) is 11.1. The number of nitrogen functional groups attached to an aromatic ring is 1. The standard InChI is InChI=1S/C12H12BrN3/c13-9-3-1-2-7-11(14)8-6-15-5-4-10(8)16-12(7)9/h1-3,15H,4-6H2,(H2,14,16). The molecular formula is C12H12BrN3. The van der Waals surface area contributed by atoms with E-state index in [1.54, 1.807) is 0 Å². The Morgan fingerprint density at radius 1 is 1.38 bits per heavy atom. The topological polar surface area (TPSA) is 50.9 Å². The van der Waals surface area contributed by atoms with Gasteiger partial charge in [0, 0.05) is 46.3 Å². The van der Waals surface area contributed by atoms with Gasteiger partial charge in [-0.3, -0.25) is 4.98 Å². The van der Waals surface area contributed by atoms with Crippen molar-refractivity contribution in [1.82, 2.24) is 10.3 Å². The minimum absolute atomic E-state index is 0.830. The number of halogens is 1. The third-order valence-corrected chi connectivity index (χ3v) is 3.68. The Morgan fingerprint density at radius 3 is 3.12 bits per heavy atom. The molecule has 0 unspecified atom stereocenters. The number of hydrogen-bond acceptors (Lipinski definition) is 3. The smallest absolute Gasteiger partial charge is 0.0868 e. The predicted octanol–water partition coefficient (Wildman–Crippen LogP) is 2.23. The quantitative estimate of drug-likeness (QED) is 0.777. The van der Waals surface area contributed by atoms with Crippen LogP contribution in [0.3, 0.4) is 0 Å². The minimum atomic E-state index is 0.830. The molecule has 4 heteroatoms. The van der Waals surface area contributed by atoms with Crippen molar-refractivity contribution < 1.29 is 0 Å². The molecule has 0 radical (unpaired) electrons. The van der Waals surface area contributed by atoms with Gasteiger partial charge < -0.3 is 11.1 Å². The van der Waals surface area contributed by atoms with Crippen molar-refractivity contribution in [2.75, 3.05) is 12.3 Å². The average molecular weight is 278 g/mol.